The highest BCUT2D eigenvalue weighted by atomic mass is 19.4. The van der Waals surface area contributed by atoms with E-state index in [0.717, 1.165) is 6.07 Å². The van der Waals surface area contributed by atoms with E-state index in [2.05, 4.69) is 0 Å². The molecule has 0 radical (unpaired) electrons. The minimum atomic E-state index is -4.59. The Kier molecular flexibility index (Phi) is 2.85. The molecule has 0 saturated heterocycles. The van der Waals surface area contributed by atoms with Crippen molar-refractivity contribution in [2.24, 2.45) is 11.1 Å². The zero-order valence-corrected chi connectivity index (χ0v) is 10.4. The van der Waals surface area contributed by atoms with E-state index in [0.29, 0.717) is 6.07 Å². The molecule has 1 fully saturated rings. The van der Waals surface area contributed by atoms with E-state index in [1.807, 2.05) is 13.8 Å². The van der Waals surface area contributed by atoms with Crippen LogP contribution >= 0.6 is 0 Å². The average Bonchev–Trinajstić information content (AvgIpc) is 2.75. The minimum Gasteiger partial charge on any atom is -0.327 e. The van der Waals surface area contributed by atoms with E-state index in [1.165, 1.54) is 6.07 Å². The first kappa shape index (κ1) is 13.8. The van der Waals surface area contributed by atoms with E-state index >= 15 is 0 Å². The fourth-order valence-electron chi connectivity index (χ4n) is 2.41. The monoisotopic (exact) mass is 274 g/mol. The molecule has 2 atom stereocenters. The summed E-state index contributed by atoms with van der Waals surface area (Å²) in [4.78, 5) is 10.2. The lowest BCUT2D eigenvalue weighted by atomic mass is 9.99. The van der Waals surface area contributed by atoms with Gasteiger partial charge in [-0.15, -0.1) is 0 Å². The van der Waals surface area contributed by atoms with Crippen LogP contribution in [0.1, 0.15) is 30.9 Å². The van der Waals surface area contributed by atoms with Gasteiger partial charge in [-0.3, -0.25) is 10.1 Å². The van der Waals surface area contributed by atoms with Gasteiger partial charge in [-0.2, -0.15) is 13.2 Å². The smallest absolute Gasteiger partial charge is 0.327 e. The van der Waals surface area contributed by atoms with E-state index in [1.54, 1.807) is 0 Å². The molecule has 4 nitrogen and oxygen atoms in total. The molecule has 0 aromatic heterocycles. The van der Waals surface area contributed by atoms with Crippen molar-refractivity contribution in [2.45, 2.75) is 32.0 Å². The van der Waals surface area contributed by atoms with Crippen molar-refractivity contribution in [3.63, 3.8) is 0 Å². The number of benzene rings is 1. The molecule has 0 bridgehead atoms. The van der Waals surface area contributed by atoms with Crippen molar-refractivity contribution in [1.82, 2.24) is 0 Å². The van der Waals surface area contributed by atoms with Gasteiger partial charge >= 0.3 is 6.18 Å². The largest absolute Gasteiger partial charge is 0.416 e. The van der Waals surface area contributed by atoms with Gasteiger partial charge < -0.3 is 5.73 Å². The lowest BCUT2D eigenvalue weighted by Crippen LogP contribution is -2.08. The lowest BCUT2D eigenvalue weighted by Gasteiger charge is -2.09. The molecule has 1 aliphatic rings. The van der Waals surface area contributed by atoms with Gasteiger partial charge in [0.25, 0.3) is 5.69 Å². The third-order valence-corrected chi connectivity index (χ3v) is 3.80. The van der Waals surface area contributed by atoms with Crippen molar-refractivity contribution in [2.75, 3.05) is 0 Å². The van der Waals surface area contributed by atoms with Crippen molar-refractivity contribution in [1.29, 1.82) is 0 Å². The summed E-state index contributed by atoms with van der Waals surface area (Å²) in [5.41, 5.74) is 4.24. The zero-order valence-electron chi connectivity index (χ0n) is 10.4. The summed E-state index contributed by atoms with van der Waals surface area (Å²) in [6, 6.07) is 2.34. The van der Waals surface area contributed by atoms with Crippen LogP contribution in [0.2, 0.25) is 0 Å². The predicted octanol–water partition coefficient (Wildman–Crippen LogP) is 3.06. The van der Waals surface area contributed by atoms with E-state index in [9.17, 15) is 23.3 Å². The number of nitro benzene ring substituents is 1. The number of nitro groups is 1. The fourth-order valence-corrected chi connectivity index (χ4v) is 2.41. The molecule has 0 amide bonds. The number of rotatable bonds is 2. The van der Waals surface area contributed by atoms with Crippen LogP contribution in [0.25, 0.3) is 0 Å². The lowest BCUT2D eigenvalue weighted by molar-refractivity contribution is -0.385. The summed E-state index contributed by atoms with van der Waals surface area (Å²) in [6.45, 7) is 3.67. The fraction of sp³-hybridized carbons (Fsp3) is 0.500. The van der Waals surface area contributed by atoms with Crippen LogP contribution in [-0.2, 0) is 6.18 Å². The Labute approximate surface area is 107 Å². The molecule has 19 heavy (non-hydrogen) atoms. The Morgan fingerprint density at radius 2 is 1.89 bits per heavy atom. The Morgan fingerprint density at radius 3 is 2.26 bits per heavy atom. The standard InChI is InChI=1S/C12H13F3N2O2/c1-11(2)9(10(11)16)7-4-3-6(12(13,14)15)5-8(7)17(18)19/h3-5,9-10H,16H2,1-2H3. The molecular weight excluding hydrogens is 261 g/mol. The van der Waals surface area contributed by atoms with Crippen molar-refractivity contribution in [3.05, 3.63) is 39.4 Å². The summed E-state index contributed by atoms with van der Waals surface area (Å²) in [7, 11) is 0. The molecule has 2 unspecified atom stereocenters. The van der Waals surface area contributed by atoms with Crippen LogP contribution < -0.4 is 5.73 Å². The second-order valence-electron chi connectivity index (χ2n) is 5.35. The molecule has 2 N–H and O–H groups in total. The number of halogens is 3. The van der Waals surface area contributed by atoms with Crippen molar-refractivity contribution >= 4 is 5.69 Å². The van der Waals surface area contributed by atoms with E-state index in [4.69, 9.17) is 5.73 Å². The van der Waals surface area contributed by atoms with E-state index < -0.39 is 22.4 Å². The molecule has 1 aromatic rings. The molecule has 0 aliphatic heterocycles. The van der Waals surface area contributed by atoms with Crippen molar-refractivity contribution in [3.8, 4) is 0 Å². The van der Waals surface area contributed by atoms with Gasteiger partial charge in [0.05, 0.1) is 10.5 Å². The molecular formula is C12H13F3N2O2. The molecule has 1 saturated carbocycles. The molecule has 1 aliphatic carbocycles. The molecule has 7 heteroatoms. The quantitative estimate of drug-likeness (QED) is 0.665. The van der Waals surface area contributed by atoms with Crippen LogP contribution in [0.3, 0.4) is 0 Å². The normalized spacial score (nSPS) is 25.2. The maximum Gasteiger partial charge on any atom is 0.416 e. The number of nitrogens with two attached hydrogens (primary N) is 1. The van der Waals surface area contributed by atoms with Gasteiger partial charge in [0, 0.05) is 23.6 Å². The van der Waals surface area contributed by atoms with Gasteiger partial charge in [0.2, 0.25) is 0 Å². The average molecular weight is 274 g/mol. The summed E-state index contributed by atoms with van der Waals surface area (Å²) in [5, 5.41) is 10.9. The summed E-state index contributed by atoms with van der Waals surface area (Å²) < 4.78 is 37.7. The molecule has 2 rings (SSSR count). The van der Waals surface area contributed by atoms with Crippen LogP contribution in [0.4, 0.5) is 18.9 Å². The number of hydrogen-bond donors (Lipinski definition) is 1. The highest BCUT2D eigenvalue weighted by Crippen LogP contribution is 2.59. The maximum absolute atomic E-state index is 12.6. The predicted molar refractivity (Wildman–Crippen MR) is 62.6 cm³/mol. The number of alkyl halides is 3. The Morgan fingerprint density at radius 1 is 1.37 bits per heavy atom. The van der Waals surface area contributed by atoms with Crippen molar-refractivity contribution < 1.29 is 18.1 Å². The molecule has 0 spiro atoms. The maximum atomic E-state index is 12.6. The van der Waals surface area contributed by atoms with Crippen LogP contribution in [0.15, 0.2) is 18.2 Å². The van der Waals surface area contributed by atoms with Crippen LogP contribution in [-0.4, -0.2) is 11.0 Å². The van der Waals surface area contributed by atoms with Gasteiger partial charge in [-0.25, -0.2) is 0 Å². The SMILES string of the molecule is CC1(C)C(N)C1c1ccc(C(F)(F)F)cc1[N+](=O)[O-]. The zero-order chi connectivity index (χ0) is 14.6. The van der Waals surface area contributed by atoms with Gasteiger partial charge in [0.1, 0.15) is 0 Å². The third kappa shape index (κ3) is 2.18. The van der Waals surface area contributed by atoms with Crippen LogP contribution in [0, 0.1) is 15.5 Å². The minimum absolute atomic E-state index is 0.274. The van der Waals surface area contributed by atoms with Crippen LogP contribution in [0.5, 0.6) is 0 Å². The summed E-state index contributed by atoms with van der Waals surface area (Å²) in [5.74, 6) is -0.282. The molecule has 104 valence electrons. The topological polar surface area (TPSA) is 69.2 Å². The van der Waals surface area contributed by atoms with E-state index in [-0.39, 0.29) is 22.9 Å². The second kappa shape index (κ2) is 3.93. The third-order valence-electron chi connectivity index (χ3n) is 3.80. The Bertz CT molecular complexity index is 540. The van der Waals surface area contributed by atoms with Gasteiger partial charge in [-0.1, -0.05) is 19.9 Å². The number of hydrogen-bond acceptors (Lipinski definition) is 3. The first-order chi connectivity index (χ1) is 8.56. The number of nitrogens with zero attached hydrogens (tertiary/aromatic N) is 1. The van der Waals surface area contributed by atoms with Gasteiger partial charge in [0.15, 0.2) is 0 Å². The Balaban J connectivity index is 2.50. The first-order valence-corrected chi connectivity index (χ1v) is 5.68. The molecule has 1 aromatic carbocycles. The van der Waals surface area contributed by atoms with Gasteiger partial charge in [-0.05, 0) is 11.5 Å². The first-order valence-electron chi connectivity index (χ1n) is 5.68. The Hall–Kier alpha value is -1.63. The summed E-state index contributed by atoms with van der Waals surface area (Å²) >= 11 is 0. The molecule has 0 heterocycles. The second-order valence-corrected chi connectivity index (χ2v) is 5.35. The highest BCUT2D eigenvalue weighted by molar-refractivity contribution is 5.51. The summed E-state index contributed by atoms with van der Waals surface area (Å²) in [6.07, 6.45) is -4.59. The highest BCUT2D eigenvalue weighted by Gasteiger charge is 2.58.